The summed E-state index contributed by atoms with van der Waals surface area (Å²) >= 11 is 0. The van der Waals surface area contributed by atoms with E-state index < -0.39 is 11.7 Å². The lowest BCUT2D eigenvalue weighted by molar-refractivity contribution is -0.114. The van der Waals surface area contributed by atoms with Gasteiger partial charge in [-0.25, -0.2) is 0 Å². The van der Waals surface area contributed by atoms with Crippen LogP contribution in [-0.4, -0.2) is 45.2 Å². The second-order valence-electron chi connectivity index (χ2n) is 5.15. The summed E-state index contributed by atoms with van der Waals surface area (Å²) in [6.45, 7) is 6.06. The van der Waals surface area contributed by atoms with Gasteiger partial charge in [0.2, 0.25) is 0 Å². The molecular weight excluding hydrogens is 270 g/mol. The maximum atomic E-state index is 12.1. The number of Topliss-reactive ketones (excluding diaryl/α,β-unsaturated/α-hetero) is 1. The molecule has 0 aliphatic carbocycles. The van der Waals surface area contributed by atoms with Crippen LogP contribution in [0.5, 0.6) is 0 Å². The minimum absolute atomic E-state index is 0.409. The number of hydrogen-bond donors (Lipinski definition) is 0. The molecule has 0 aromatic heterocycles. The Kier molecular flexibility index (Phi) is 5.09. The highest BCUT2D eigenvalue weighted by Gasteiger charge is 2.36. The molecule has 1 heterocycles. The fraction of sp³-hybridized carbons (Fsp3) is 0.500. The predicted octanol–water partition coefficient (Wildman–Crippen LogP) is 1.89. The van der Waals surface area contributed by atoms with Crippen molar-refractivity contribution in [1.82, 2.24) is 0 Å². The minimum atomic E-state index is -0.435. The van der Waals surface area contributed by atoms with E-state index in [1.165, 1.54) is 0 Å². The molecule has 1 amide bonds. The molecule has 0 atom stereocenters. The third kappa shape index (κ3) is 3.14. The lowest BCUT2D eigenvalue weighted by atomic mass is 10.0. The van der Waals surface area contributed by atoms with Gasteiger partial charge < -0.3 is 14.4 Å². The lowest BCUT2D eigenvalue weighted by Crippen LogP contribution is -2.31. The van der Waals surface area contributed by atoms with E-state index in [1.807, 2.05) is 19.9 Å². The highest BCUT2D eigenvalue weighted by molar-refractivity contribution is 6.52. The standard InChI is InChI=1S/C16H21NO4/c1-11-5-6-13-14(12(11)2)17(16(19)15(13)18)7-4-8-21-10-9-20-3/h5-6H,4,7-10H2,1-3H3. The van der Waals surface area contributed by atoms with Gasteiger partial charge in [-0.05, 0) is 37.5 Å². The number of nitrogens with zero attached hydrogens (tertiary/aromatic N) is 1. The first-order valence-electron chi connectivity index (χ1n) is 7.11. The van der Waals surface area contributed by atoms with Crippen LogP contribution in [0, 0.1) is 13.8 Å². The Morgan fingerprint density at radius 3 is 2.57 bits per heavy atom. The maximum Gasteiger partial charge on any atom is 0.299 e. The summed E-state index contributed by atoms with van der Waals surface area (Å²) in [6.07, 6.45) is 0.690. The number of anilines is 1. The zero-order valence-corrected chi connectivity index (χ0v) is 12.8. The zero-order chi connectivity index (χ0) is 15.4. The topological polar surface area (TPSA) is 55.8 Å². The van der Waals surface area contributed by atoms with Crippen LogP contribution in [-0.2, 0) is 14.3 Å². The number of amides is 1. The molecule has 2 rings (SSSR count). The molecule has 114 valence electrons. The van der Waals surface area contributed by atoms with E-state index in [0.29, 0.717) is 38.3 Å². The van der Waals surface area contributed by atoms with E-state index in [-0.39, 0.29) is 0 Å². The number of carbonyl (C=O) groups is 2. The summed E-state index contributed by atoms with van der Waals surface area (Å²) in [4.78, 5) is 25.7. The molecule has 1 aliphatic heterocycles. The first-order valence-corrected chi connectivity index (χ1v) is 7.11. The summed E-state index contributed by atoms with van der Waals surface area (Å²) in [5.41, 5.74) is 3.36. The molecule has 0 unspecified atom stereocenters. The minimum Gasteiger partial charge on any atom is -0.382 e. The Labute approximate surface area is 124 Å². The van der Waals surface area contributed by atoms with Crippen LogP contribution in [0.25, 0.3) is 0 Å². The largest absolute Gasteiger partial charge is 0.382 e. The first kappa shape index (κ1) is 15.7. The molecule has 5 nitrogen and oxygen atoms in total. The molecule has 5 heteroatoms. The van der Waals surface area contributed by atoms with Crippen molar-refractivity contribution in [1.29, 1.82) is 0 Å². The number of rotatable bonds is 7. The number of ether oxygens (including phenoxy) is 2. The summed E-state index contributed by atoms with van der Waals surface area (Å²) in [7, 11) is 1.62. The Balaban J connectivity index is 2.03. The van der Waals surface area contributed by atoms with Gasteiger partial charge in [0.05, 0.1) is 24.5 Å². The van der Waals surface area contributed by atoms with Gasteiger partial charge in [0.1, 0.15) is 0 Å². The van der Waals surface area contributed by atoms with E-state index >= 15 is 0 Å². The van der Waals surface area contributed by atoms with Gasteiger partial charge in [-0.2, -0.15) is 0 Å². The van der Waals surface area contributed by atoms with Crippen molar-refractivity contribution in [2.24, 2.45) is 0 Å². The molecule has 0 bridgehead atoms. The number of methoxy groups -OCH3 is 1. The van der Waals surface area contributed by atoms with E-state index in [2.05, 4.69) is 0 Å². The summed E-state index contributed by atoms with van der Waals surface area (Å²) < 4.78 is 10.3. The lowest BCUT2D eigenvalue weighted by Gasteiger charge is -2.19. The van der Waals surface area contributed by atoms with Crippen LogP contribution in [0.4, 0.5) is 5.69 Å². The van der Waals surface area contributed by atoms with Crippen LogP contribution < -0.4 is 4.90 Å². The molecule has 0 spiro atoms. The molecule has 1 aromatic carbocycles. The molecular formula is C16H21NO4. The maximum absolute atomic E-state index is 12.1. The second kappa shape index (κ2) is 6.83. The normalized spacial score (nSPS) is 14.0. The van der Waals surface area contributed by atoms with Crippen LogP contribution in [0.3, 0.4) is 0 Å². The van der Waals surface area contributed by atoms with E-state index in [4.69, 9.17) is 9.47 Å². The van der Waals surface area contributed by atoms with Crippen molar-refractivity contribution in [3.63, 3.8) is 0 Å². The quantitative estimate of drug-likeness (QED) is 0.568. The Morgan fingerprint density at radius 2 is 1.86 bits per heavy atom. The van der Waals surface area contributed by atoms with Gasteiger partial charge in [0, 0.05) is 20.3 Å². The fourth-order valence-corrected chi connectivity index (χ4v) is 2.45. The van der Waals surface area contributed by atoms with Crippen molar-refractivity contribution in [2.75, 3.05) is 38.4 Å². The molecule has 0 radical (unpaired) electrons. The Morgan fingerprint density at radius 1 is 1.10 bits per heavy atom. The van der Waals surface area contributed by atoms with E-state index in [1.54, 1.807) is 18.1 Å². The number of benzene rings is 1. The van der Waals surface area contributed by atoms with E-state index in [0.717, 1.165) is 16.8 Å². The van der Waals surface area contributed by atoms with Crippen LogP contribution >= 0.6 is 0 Å². The van der Waals surface area contributed by atoms with Gasteiger partial charge in [0.25, 0.3) is 11.7 Å². The molecule has 1 aromatic rings. The highest BCUT2D eigenvalue weighted by Crippen LogP contribution is 2.34. The molecule has 0 saturated heterocycles. The number of ketones is 1. The summed E-state index contributed by atoms with van der Waals surface area (Å²) in [5, 5.41) is 0. The number of carbonyl (C=O) groups excluding carboxylic acids is 2. The van der Waals surface area contributed by atoms with Crippen molar-refractivity contribution in [2.45, 2.75) is 20.3 Å². The average molecular weight is 291 g/mol. The summed E-state index contributed by atoms with van der Waals surface area (Å²) in [5.74, 6) is -0.844. The van der Waals surface area contributed by atoms with Gasteiger partial charge in [-0.3, -0.25) is 9.59 Å². The average Bonchev–Trinajstić information content (AvgIpc) is 2.71. The smallest absolute Gasteiger partial charge is 0.299 e. The number of hydrogen-bond acceptors (Lipinski definition) is 4. The first-order chi connectivity index (χ1) is 10.1. The molecule has 1 aliphatic rings. The summed E-state index contributed by atoms with van der Waals surface area (Å²) in [6, 6.07) is 3.63. The van der Waals surface area contributed by atoms with Crippen molar-refractivity contribution < 1.29 is 19.1 Å². The van der Waals surface area contributed by atoms with Gasteiger partial charge >= 0.3 is 0 Å². The molecule has 0 fully saturated rings. The SMILES string of the molecule is COCCOCCCN1C(=O)C(=O)c2ccc(C)c(C)c21. The van der Waals surface area contributed by atoms with Crippen molar-refractivity contribution >= 4 is 17.4 Å². The highest BCUT2D eigenvalue weighted by atomic mass is 16.5. The monoisotopic (exact) mass is 291 g/mol. The predicted molar refractivity (Wildman–Crippen MR) is 79.9 cm³/mol. The molecule has 0 saturated carbocycles. The van der Waals surface area contributed by atoms with Gasteiger partial charge in [0.15, 0.2) is 0 Å². The van der Waals surface area contributed by atoms with Crippen molar-refractivity contribution in [3.05, 3.63) is 28.8 Å². The number of aryl methyl sites for hydroxylation is 1. The van der Waals surface area contributed by atoms with Crippen LogP contribution in [0.15, 0.2) is 12.1 Å². The van der Waals surface area contributed by atoms with E-state index in [9.17, 15) is 9.59 Å². The third-order valence-corrected chi connectivity index (χ3v) is 3.76. The third-order valence-electron chi connectivity index (χ3n) is 3.76. The van der Waals surface area contributed by atoms with Crippen LogP contribution in [0.2, 0.25) is 0 Å². The zero-order valence-electron chi connectivity index (χ0n) is 12.8. The Hall–Kier alpha value is -1.72. The number of fused-ring (bicyclic) bond motifs is 1. The Bertz CT molecular complexity index is 553. The van der Waals surface area contributed by atoms with Gasteiger partial charge in [-0.1, -0.05) is 6.07 Å². The fourth-order valence-electron chi connectivity index (χ4n) is 2.45. The van der Waals surface area contributed by atoms with Gasteiger partial charge in [-0.15, -0.1) is 0 Å². The van der Waals surface area contributed by atoms with Crippen molar-refractivity contribution in [3.8, 4) is 0 Å². The second-order valence-corrected chi connectivity index (χ2v) is 5.15. The van der Waals surface area contributed by atoms with Crippen LogP contribution in [0.1, 0.15) is 27.9 Å². The molecule has 0 N–H and O–H groups in total. The molecule has 21 heavy (non-hydrogen) atoms.